The number of rotatable bonds is 8. The van der Waals surface area contributed by atoms with Crippen molar-refractivity contribution >= 4 is 11.6 Å². The lowest BCUT2D eigenvalue weighted by Gasteiger charge is -2.36. The van der Waals surface area contributed by atoms with Gasteiger partial charge in [0.1, 0.15) is 0 Å². The summed E-state index contributed by atoms with van der Waals surface area (Å²) in [5.41, 5.74) is 0.834. The third kappa shape index (κ3) is 5.22. The lowest BCUT2D eigenvalue weighted by atomic mass is 9.73. The van der Waals surface area contributed by atoms with Gasteiger partial charge in [-0.15, -0.1) is 0 Å². The van der Waals surface area contributed by atoms with Crippen LogP contribution in [0.2, 0.25) is 5.02 Å². The maximum absolute atomic E-state index is 12.0. The van der Waals surface area contributed by atoms with Crippen molar-refractivity contribution < 1.29 is 14.1 Å². The fourth-order valence-electron chi connectivity index (χ4n) is 4.80. The van der Waals surface area contributed by atoms with E-state index in [2.05, 4.69) is 25.3 Å². The lowest BCUT2D eigenvalue weighted by Crippen LogP contribution is -2.41. The number of benzene rings is 2. The van der Waals surface area contributed by atoms with Gasteiger partial charge in [-0.1, -0.05) is 78.5 Å². The van der Waals surface area contributed by atoms with Gasteiger partial charge in [0, 0.05) is 11.4 Å². The molecule has 170 valence electrons. The van der Waals surface area contributed by atoms with E-state index in [0.717, 1.165) is 49.2 Å². The van der Waals surface area contributed by atoms with Crippen molar-refractivity contribution in [2.45, 2.75) is 50.7 Å². The van der Waals surface area contributed by atoms with Gasteiger partial charge in [-0.3, -0.25) is 0 Å². The van der Waals surface area contributed by atoms with Crippen LogP contribution in [0.5, 0.6) is 0 Å². The Bertz CT molecular complexity index is 1010. The topological polar surface area (TPSA) is 59.2 Å². The highest BCUT2D eigenvalue weighted by atomic mass is 35.5. The van der Waals surface area contributed by atoms with Crippen LogP contribution in [0.1, 0.15) is 54.9 Å². The molecule has 1 N–H and O–H groups in total. The highest BCUT2D eigenvalue weighted by molar-refractivity contribution is 6.30. The maximum atomic E-state index is 12.0. The first-order valence-electron chi connectivity index (χ1n) is 11.5. The van der Waals surface area contributed by atoms with Crippen molar-refractivity contribution in [2.24, 2.45) is 5.92 Å². The van der Waals surface area contributed by atoms with Crippen LogP contribution in [0.3, 0.4) is 0 Å². The molecule has 6 heteroatoms. The molecule has 1 heterocycles. The van der Waals surface area contributed by atoms with E-state index in [1.54, 1.807) is 0 Å². The number of hydrogen-bond acceptors (Lipinski definition) is 4. The summed E-state index contributed by atoms with van der Waals surface area (Å²) in [5.74, 6) is 1.04. The van der Waals surface area contributed by atoms with E-state index in [-0.39, 0.29) is 5.92 Å². The average Bonchev–Trinajstić information content (AvgIpc) is 3.27. The van der Waals surface area contributed by atoms with Crippen molar-refractivity contribution in [3.63, 3.8) is 0 Å². The minimum atomic E-state index is -1.22. The Labute approximate surface area is 195 Å². The van der Waals surface area contributed by atoms with E-state index in [4.69, 9.17) is 21.1 Å². The first-order chi connectivity index (χ1) is 15.4. The second-order valence-corrected chi connectivity index (χ2v) is 10.1. The molecule has 1 atom stereocenters. The van der Waals surface area contributed by atoms with Crippen LogP contribution in [-0.4, -0.2) is 40.4 Å². The number of aliphatic hydroxyl groups is 1. The van der Waals surface area contributed by atoms with Gasteiger partial charge >= 0.3 is 0 Å². The Morgan fingerprint density at radius 3 is 2.53 bits per heavy atom. The molecule has 0 bridgehead atoms. The van der Waals surface area contributed by atoms with E-state index >= 15 is 0 Å². The Morgan fingerprint density at radius 2 is 1.81 bits per heavy atom. The van der Waals surface area contributed by atoms with E-state index in [9.17, 15) is 5.11 Å². The molecule has 0 radical (unpaired) electrons. The Kier molecular flexibility index (Phi) is 6.99. The smallest absolute Gasteiger partial charge is 0.281 e. The molecule has 5 nitrogen and oxygen atoms in total. The number of nitrogens with zero attached hydrogens (tertiary/aromatic N) is 3. The summed E-state index contributed by atoms with van der Waals surface area (Å²) in [5, 5.41) is 17.0. The Hall–Kier alpha value is -2.21. The molecule has 1 saturated carbocycles. The molecule has 1 aliphatic carbocycles. The molecule has 0 aliphatic heterocycles. The maximum Gasteiger partial charge on any atom is 0.281 e. The van der Waals surface area contributed by atoms with Crippen molar-refractivity contribution in [3.8, 4) is 0 Å². The van der Waals surface area contributed by atoms with Gasteiger partial charge in [-0.2, -0.15) is 4.98 Å². The van der Waals surface area contributed by atoms with Crippen LogP contribution >= 0.6 is 11.6 Å². The minimum absolute atomic E-state index is 0.0921. The van der Waals surface area contributed by atoms with Crippen LogP contribution in [0, 0.1) is 5.92 Å². The van der Waals surface area contributed by atoms with Crippen LogP contribution in [-0.2, 0) is 18.6 Å². The van der Waals surface area contributed by atoms with Crippen molar-refractivity contribution in [3.05, 3.63) is 82.5 Å². The number of quaternary nitrogens is 1. The standard InChI is InChI=1S/C26H33ClN3O2/c1-30(2,17-16-20-10-9-15-23(27)18-20)19-24-28-25(29-32-24)26(31,21-11-5-3-6-12-21)22-13-7-4-8-14-22/h3,5-6,9-12,15,18,22,31H,4,7-8,13-14,16-17,19H2,1-2H3/q+1. The third-order valence-corrected chi connectivity index (χ3v) is 6.91. The van der Waals surface area contributed by atoms with Gasteiger partial charge in [-0.25, -0.2) is 0 Å². The van der Waals surface area contributed by atoms with Crippen LogP contribution in [0.15, 0.2) is 59.1 Å². The molecule has 32 heavy (non-hydrogen) atoms. The van der Waals surface area contributed by atoms with Gasteiger partial charge in [0.15, 0.2) is 12.1 Å². The van der Waals surface area contributed by atoms with Gasteiger partial charge in [0.25, 0.3) is 5.89 Å². The van der Waals surface area contributed by atoms with Crippen molar-refractivity contribution in [2.75, 3.05) is 20.6 Å². The molecule has 1 aliphatic rings. The van der Waals surface area contributed by atoms with E-state index < -0.39 is 5.60 Å². The van der Waals surface area contributed by atoms with E-state index in [0.29, 0.717) is 22.7 Å². The van der Waals surface area contributed by atoms with Crippen LogP contribution < -0.4 is 0 Å². The lowest BCUT2D eigenvalue weighted by molar-refractivity contribution is -0.904. The summed E-state index contributed by atoms with van der Waals surface area (Å²) < 4.78 is 6.37. The number of aromatic nitrogens is 2. The predicted octanol–water partition coefficient (Wildman–Crippen LogP) is 5.36. The SMILES string of the molecule is C[N+](C)(CCc1cccc(Cl)c1)Cc1nc(C(O)(c2ccccc2)C2CCCCC2)no1. The van der Waals surface area contributed by atoms with Gasteiger partial charge in [-0.05, 0) is 42.0 Å². The first kappa shape index (κ1) is 23.0. The molecular weight excluding hydrogens is 422 g/mol. The molecule has 2 aromatic carbocycles. The molecule has 0 amide bonds. The Balaban J connectivity index is 1.52. The zero-order valence-electron chi connectivity index (χ0n) is 19.0. The Morgan fingerprint density at radius 1 is 1.06 bits per heavy atom. The number of likely N-dealkylation sites (N-methyl/N-ethyl adjacent to an activating group) is 1. The zero-order chi connectivity index (χ0) is 22.6. The normalized spacial score (nSPS) is 17.2. The summed E-state index contributed by atoms with van der Waals surface area (Å²) in [4.78, 5) is 4.72. The van der Waals surface area contributed by atoms with Gasteiger partial charge < -0.3 is 14.1 Å². The summed E-state index contributed by atoms with van der Waals surface area (Å²) in [6, 6.07) is 17.8. The average molecular weight is 455 g/mol. The molecular formula is C26H33ClN3O2+. The van der Waals surface area contributed by atoms with Gasteiger partial charge in [0.05, 0.1) is 20.6 Å². The largest absolute Gasteiger partial charge is 0.377 e. The predicted molar refractivity (Wildman–Crippen MR) is 126 cm³/mol. The first-order valence-corrected chi connectivity index (χ1v) is 11.9. The summed E-state index contributed by atoms with van der Waals surface area (Å²) in [6.45, 7) is 1.51. The monoisotopic (exact) mass is 454 g/mol. The molecule has 3 aromatic rings. The minimum Gasteiger partial charge on any atom is -0.377 e. The fourth-order valence-corrected chi connectivity index (χ4v) is 5.02. The molecule has 4 rings (SSSR count). The number of halogens is 1. The molecule has 1 unspecified atom stereocenters. The van der Waals surface area contributed by atoms with E-state index in [1.807, 2.05) is 48.5 Å². The van der Waals surface area contributed by atoms with Crippen LogP contribution in [0.4, 0.5) is 0 Å². The number of hydrogen-bond donors (Lipinski definition) is 1. The summed E-state index contributed by atoms with van der Waals surface area (Å²) in [7, 11) is 4.30. The van der Waals surface area contributed by atoms with Crippen LogP contribution in [0.25, 0.3) is 0 Å². The summed E-state index contributed by atoms with van der Waals surface area (Å²) >= 11 is 6.12. The van der Waals surface area contributed by atoms with Crippen molar-refractivity contribution in [1.29, 1.82) is 0 Å². The quantitative estimate of drug-likeness (QED) is 0.465. The second-order valence-electron chi connectivity index (χ2n) is 9.68. The molecule has 0 spiro atoms. The van der Waals surface area contributed by atoms with Gasteiger partial charge in [0.2, 0.25) is 5.82 Å². The highest BCUT2D eigenvalue weighted by Gasteiger charge is 2.44. The fraction of sp³-hybridized carbons (Fsp3) is 0.462. The molecule has 1 aromatic heterocycles. The highest BCUT2D eigenvalue weighted by Crippen LogP contribution is 2.42. The summed E-state index contributed by atoms with van der Waals surface area (Å²) in [6.07, 6.45) is 6.31. The second kappa shape index (κ2) is 9.74. The third-order valence-electron chi connectivity index (χ3n) is 6.68. The van der Waals surface area contributed by atoms with E-state index in [1.165, 1.54) is 12.0 Å². The molecule has 1 fully saturated rings. The zero-order valence-corrected chi connectivity index (χ0v) is 19.8. The molecule has 0 saturated heterocycles. The van der Waals surface area contributed by atoms with Crippen molar-refractivity contribution in [1.82, 2.24) is 10.1 Å².